The lowest BCUT2D eigenvalue weighted by molar-refractivity contribution is 0.0463. The molecule has 31 heavy (non-hydrogen) atoms. The zero-order chi connectivity index (χ0) is 22.0. The number of ether oxygens (including phenoxy) is 2. The predicted molar refractivity (Wildman–Crippen MR) is 118 cm³/mol. The molecule has 0 saturated heterocycles. The average Bonchev–Trinajstić information content (AvgIpc) is 3.12. The number of anilines is 1. The van der Waals surface area contributed by atoms with E-state index in [0.29, 0.717) is 23.5 Å². The number of carbonyl (C=O) groups excluding carboxylic acids is 1. The van der Waals surface area contributed by atoms with Gasteiger partial charge < -0.3 is 20.5 Å². The number of H-pyrrole nitrogens is 1. The first-order chi connectivity index (χ1) is 14.8. The van der Waals surface area contributed by atoms with Crippen LogP contribution in [-0.4, -0.2) is 44.0 Å². The van der Waals surface area contributed by atoms with Crippen LogP contribution in [-0.2, 0) is 4.74 Å². The Bertz CT molecular complexity index is 1070. The third kappa shape index (κ3) is 5.04. The second-order valence-electron chi connectivity index (χ2n) is 8.82. The lowest BCUT2D eigenvalue weighted by Crippen LogP contribution is -2.43. The van der Waals surface area contributed by atoms with Gasteiger partial charge >= 0.3 is 6.09 Å². The number of nitrogen functional groups attached to an aromatic ring is 1. The Balaban J connectivity index is 1.55. The van der Waals surface area contributed by atoms with Crippen molar-refractivity contribution in [1.29, 1.82) is 0 Å². The average molecular weight is 425 g/mol. The van der Waals surface area contributed by atoms with Crippen molar-refractivity contribution >= 4 is 22.9 Å². The summed E-state index contributed by atoms with van der Waals surface area (Å²) in [6, 6.07) is 5.49. The van der Waals surface area contributed by atoms with Crippen molar-refractivity contribution in [3.05, 3.63) is 30.6 Å². The number of amides is 1. The largest absolute Gasteiger partial charge is 0.488 e. The highest BCUT2D eigenvalue weighted by Crippen LogP contribution is 2.36. The normalized spacial score (nSPS) is 19.2. The fraction of sp³-hybridized carbons (Fsp3) is 0.455. The molecule has 0 bridgehead atoms. The number of fused-ring (bicyclic) bond motifs is 1. The van der Waals surface area contributed by atoms with Crippen molar-refractivity contribution in [2.45, 2.75) is 64.2 Å². The number of nitrogens with two attached hydrogens (primary N) is 1. The molecule has 0 spiro atoms. The number of nitrogens with one attached hydrogen (secondary N) is 2. The number of hydrogen-bond acceptors (Lipinski definition) is 7. The number of hydrogen-bond donors (Lipinski definition) is 3. The molecule has 2 atom stereocenters. The first kappa shape index (κ1) is 20.9. The van der Waals surface area contributed by atoms with E-state index in [9.17, 15) is 4.79 Å². The van der Waals surface area contributed by atoms with E-state index in [-0.39, 0.29) is 12.1 Å². The summed E-state index contributed by atoms with van der Waals surface area (Å²) in [6.07, 6.45) is 6.36. The maximum absolute atomic E-state index is 12.2. The van der Waals surface area contributed by atoms with Gasteiger partial charge in [-0.1, -0.05) is 0 Å². The van der Waals surface area contributed by atoms with E-state index in [1.807, 2.05) is 32.9 Å². The monoisotopic (exact) mass is 424 g/mol. The van der Waals surface area contributed by atoms with E-state index in [4.69, 9.17) is 15.2 Å². The van der Waals surface area contributed by atoms with Crippen LogP contribution in [0, 0.1) is 0 Å². The number of pyridine rings is 2. The van der Waals surface area contributed by atoms with E-state index >= 15 is 0 Å². The van der Waals surface area contributed by atoms with Crippen LogP contribution in [0.5, 0.6) is 5.75 Å². The Morgan fingerprint density at radius 3 is 2.87 bits per heavy atom. The van der Waals surface area contributed by atoms with E-state index < -0.39 is 11.7 Å². The number of carbonyl (C=O) groups is 1. The molecule has 3 aromatic rings. The molecule has 3 aromatic heterocycles. The van der Waals surface area contributed by atoms with Crippen LogP contribution in [0.1, 0.15) is 46.5 Å². The van der Waals surface area contributed by atoms with Gasteiger partial charge in [0.1, 0.15) is 28.8 Å². The molecule has 0 aromatic carbocycles. The first-order valence-corrected chi connectivity index (χ1v) is 10.5. The molecule has 4 N–H and O–H groups in total. The highest BCUT2D eigenvalue weighted by molar-refractivity contribution is 5.93. The second-order valence-corrected chi connectivity index (χ2v) is 8.82. The predicted octanol–water partition coefficient (Wildman–Crippen LogP) is 3.82. The quantitative estimate of drug-likeness (QED) is 0.581. The van der Waals surface area contributed by atoms with Crippen LogP contribution in [0.2, 0.25) is 0 Å². The maximum Gasteiger partial charge on any atom is 0.407 e. The minimum atomic E-state index is -0.529. The van der Waals surface area contributed by atoms with E-state index in [1.54, 1.807) is 18.5 Å². The summed E-state index contributed by atoms with van der Waals surface area (Å²) in [5.74, 6) is 0.999. The van der Waals surface area contributed by atoms with Crippen LogP contribution in [0.4, 0.5) is 10.6 Å². The van der Waals surface area contributed by atoms with Crippen molar-refractivity contribution in [3.8, 4) is 17.0 Å². The van der Waals surface area contributed by atoms with Crippen LogP contribution in [0.25, 0.3) is 22.3 Å². The van der Waals surface area contributed by atoms with Crippen molar-refractivity contribution in [2.75, 3.05) is 5.73 Å². The highest BCUT2D eigenvalue weighted by Gasteiger charge is 2.28. The molecule has 0 radical (unpaired) electrons. The van der Waals surface area contributed by atoms with E-state index in [2.05, 4.69) is 25.5 Å². The van der Waals surface area contributed by atoms with Crippen LogP contribution >= 0.6 is 0 Å². The number of aromatic amines is 1. The third-order valence-electron chi connectivity index (χ3n) is 5.10. The summed E-state index contributed by atoms with van der Waals surface area (Å²) in [5.41, 5.74) is 8.26. The van der Waals surface area contributed by atoms with Gasteiger partial charge in [0.25, 0.3) is 0 Å². The summed E-state index contributed by atoms with van der Waals surface area (Å²) in [6.45, 7) is 5.55. The maximum atomic E-state index is 12.2. The fourth-order valence-corrected chi connectivity index (χ4v) is 3.85. The molecule has 4 rings (SSSR count). The zero-order valence-corrected chi connectivity index (χ0v) is 18.0. The zero-order valence-electron chi connectivity index (χ0n) is 18.0. The van der Waals surface area contributed by atoms with Crippen molar-refractivity contribution < 1.29 is 14.3 Å². The molecular weight excluding hydrogens is 396 g/mol. The molecule has 9 nitrogen and oxygen atoms in total. The summed E-state index contributed by atoms with van der Waals surface area (Å²) in [7, 11) is 0. The van der Waals surface area contributed by atoms with Gasteiger partial charge in [-0.2, -0.15) is 5.10 Å². The van der Waals surface area contributed by atoms with Crippen LogP contribution < -0.4 is 15.8 Å². The van der Waals surface area contributed by atoms with Crippen LogP contribution in [0.15, 0.2) is 30.6 Å². The SMILES string of the molecule is CC(C)(C)OC(=O)N[C@H]1CCC[C@@H](Oc2cnc3cccnc3c2-c2cc(N)n[nH]2)C1. The second kappa shape index (κ2) is 8.41. The molecule has 164 valence electrons. The Labute approximate surface area is 180 Å². The Kier molecular flexibility index (Phi) is 5.67. The minimum absolute atomic E-state index is 0.00797. The van der Waals surface area contributed by atoms with E-state index in [1.165, 1.54) is 0 Å². The number of rotatable bonds is 4. The smallest absolute Gasteiger partial charge is 0.407 e. The summed E-state index contributed by atoms with van der Waals surface area (Å²) >= 11 is 0. The summed E-state index contributed by atoms with van der Waals surface area (Å²) in [4.78, 5) is 21.2. The van der Waals surface area contributed by atoms with Gasteiger partial charge in [-0.3, -0.25) is 15.1 Å². The van der Waals surface area contributed by atoms with Gasteiger partial charge in [0.2, 0.25) is 0 Å². The number of aromatic nitrogens is 4. The van der Waals surface area contributed by atoms with Gasteiger partial charge in [0.15, 0.2) is 0 Å². The van der Waals surface area contributed by atoms with Gasteiger partial charge in [-0.05, 0) is 52.2 Å². The molecular formula is C22H28N6O3. The molecule has 1 saturated carbocycles. The summed E-state index contributed by atoms with van der Waals surface area (Å²) in [5, 5.41) is 9.97. The van der Waals surface area contributed by atoms with Crippen molar-refractivity contribution in [2.24, 2.45) is 0 Å². The molecule has 0 aliphatic heterocycles. The Morgan fingerprint density at radius 1 is 1.29 bits per heavy atom. The highest BCUT2D eigenvalue weighted by atomic mass is 16.6. The topological polar surface area (TPSA) is 128 Å². The van der Waals surface area contributed by atoms with Gasteiger partial charge in [-0.15, -0.1) is 0 Å². The lowest BCUT2D eigenvalue weighted by Gasteiger charge is -2.31. The van der Waals surface area contributed by atoms with Gasteiger partial charge in [0, 0.05) is 24.7 Å². The van der Waals surface area contributed by atoms with Gasteiger partial charge in [-0.25, -0.2) is 4.79 Å². The molecule has 1 aliphatic rings. The minimum Gasteiger partial charge on any atom is -0.488 e. The molecule has 1 amide bonds. The molecule has 9 heteroatoms. The lowest BCUT2D eigenvalue weighted by atomic mass is 9.93. The molecule has 0 unspecified atom stereocenters. The fourth-order valence-electron chi connectivity index (χ4n) is 3.85. The number of alkyl carbamates (subject to hydrolysis) is 1. The van der Waals surface area contributed by atoms with Crippen molar-refractivity contribution in [3.63, 3.8) is 0 Å². The summed E-state index contributed by atoms with van der Waals surface area (Å²) < 4.78 is 11.8. The Hall–Kier alpha value is -3.36. The van der Waals surface area contributed by atoms with Gasteiger partial charge in [0.05, 0.1) is 23.0 Å². The molecule has 1 aliphatic carbocycles. The Morgan fingerprint density at radius 2 is 2.13 bits per heavy atom. The van der Waals surface area contributed by atoms with Crippen molar-refractivity contribution in [1.82, 2.24) is 25.5 Å². The van der Waals surface area contributed by atoms with E-state index in [0.717, 1.165) is 36.0 Å². The molecule has 3 heterocycles. The number of nitrogens with zero attached hydrogens (tertiary/aromatic N) is 3. The molecule has 1 fully saturated rings. The third-order valence-corrected chi connectivity index (χ3v) is 5.10. The standard InChI is InChI=1S/C22H28N6O3/c1-22(2,3)31-21(29)26-13-6-4-7-14(10-13)30-17-12-25-15-8-5-9-24-20(15)19(17)16-11-18(23)28-27-16/h5,8-9,11-14H,4,6-7,10H2,1-3H3,(H,26,29)(H3,23,27,28)/t13-,14+/m0/s1. The first-order valence-electron chi connectivity index (χ1n) is 10.5. The van der Waals surface area contributed by atoms with Crippen LogP contribution in [0.3, 0.4) is 0 Å².